The molecule has 0 unspecified atom stereocenters. The molecule has 152 valence electrons. The van der Waals surface area contributed by atoms with E-state index in [1.54, 1.807) is 67.8 Å². The van der Waals surface area contributed by atoms with Gasteiger partial charge in [-0.15, -0.1) is 0 Å². The molecule has 8 heteroatoms. The summed E-state index contributed by atoms with van der Waals surface area (Å²) in [6.07, 6.45) is 0.0811. The Labute approximate surface area is 172 Å². The number of nitro groups is 1. The normalized spacial score (nSPS) is 10.2. The van der Waals surface area contributed by atoms with Crippen LogP contribution in [0.15, 0.2) is 72.8 Å². The zero-order valence-electron chi connectivity index (χ0n) is 16.1. The second-order valence-corrected chi connectivity index (χ2v) is 6.41. The van der Waals surface area contributed by atoms with E-state index >= 15 is 0 Å². The SMILES string of the molecule is COc1ccc(NC(=O)c2ccc(NC(=O)Cc3ccc([N+](=O)[O-])cc3)cc2)cc1. The Balaban J connectivity index is 1.55. The van der Waals surface area contributed by atoms with Gasteiger partial charge in [0.1, 0.15) is 5.75 Å². The fraction of sp³-hybridized carbons (Fsp3) is 0.0909. The summed E-state index contributed by atoms with van der Waals surface area (Å²) >= 11 is 0. The Morgan fingerprint density at radius 1 is 0.867 bits per heavy atom. The molecular weight excluding hydrogens is 386 g/mol. The van der Waals surface area contributed by atoms with E-state index in [0.717, 1.165) is 0 Å². The van der Waals surface area contributed by atoms with Crippen molar-refractivity contribution in [2.24, 2.45) is 0 Å². The van der Waals surface area contributed by atoms with Gasteiger partial charge in [0.05, 0.1) is 18.5 Å². The lowest BCUT2D eigenvalue weighted by Crippen LogP contribution is -2.15. The Morgan fingerprint density at radius 3 is 2.00 bits per heavy atom. The first-order chi connectivity index (χ1) is 14.4. The summed E-state index contributed by atoms with van der Waals surface area (Å²) in [4.78, 5) is 34.7. The van der Waals surface area contributed by atoms with E-state index in [-0.39, 0.29) is 23.9 Å². The first-order valence-corrected chi connectivity index (χ1v) is 9.03. The van der Waals surface area contributed by atoms with E-state index in [1.807, 2.05) is 0 Å². The van der Waals surface area contributed by atoms with Gasteiger partial charge in [-0.25, -0.2) is 0 Å². The van der Waals surface area contributed by atoms with Crippen molar-refractivity contribution in [2.45, 2.75) is 6.42 Å². The molecule has 0 aliphatic carbocycles. The molecule has 0 aromatic heterocycles. The van der Waals surface area contributed by atoms with Gasteiger partial charge in [0.15, 0.2) is 0 Å². The molecule has 3 rings (SSSR count). The summed E-state index contributed by atoms with van der Waals surface area (Å²) < 4.78 is 5.08. The Kier molecular flexibility index (Phi) is 6.39. The summed E-state index contributed by atoms with van der Waals surface area (Å²) in [5.74, 6) is 0.157. The summed E-state index contributed by atoms with van der Waals surface area (Å²) in [5, 5.41) is 16.2. The molecule has 0 fully saturated rings. The van der Waals surface area contributed by atoms with E-state index in [0.29, 0.717) is 28.3 Å². The van der Waals surface area contributed by atoms with Crippen molar-refractivity contribution in [3.05, 3.63) is 94.0 Å². The molecule has 30 heavy (non-hydrogen) atoms. The predicted molar refractivity (Wildman–Crippen MR) is 113 cm³/mol. The third-order valence-corrected chi connectivity index (χ3v) is 4.29. The van der Waals surface area contributed by atoms with Crippen LogP contribution >= 0.6 is 0 Å². The molecule has 0 radical (unpaired) electrons. The number of nitro benzene ring substituents is 1. The minimum Gasteiger partial charge on any atom is -0.497 e. The molecule has 8 nitrogen and oxygen atoms in total. The molecule has 0 heterocycles. The topological polar surface area (TPSA) is 111 Å². The molecule has 0 saturated carbocycles. The molecule has 0 saturated heterocycles. The largest absolute Gasteiger partial charge is 0.497 e. The molecule has 0 bridgehead atoms. The minimum atomic E-state index is -0.490. The van der Waals surface area contributed by atoms with Crippen molar-refractivity contribution in [3.8, 4) is 5.75 Å². The number of ether oxygens (including phenoxy) is 1. The van der Waals surface area contributed by atoms with Crippen LogP contribution in [-0.4, -0.2) is 23.8 Å². The molecule has 2 N–H and O–H groups in total. The lowest BCUT2D eigenvalue weighted by atomic mass is 10.1. The molecule has 3 aromatic carbocycles. The number of carbonyl (C=O) groups is 2. The third-order valence-electron chi connectivity index (χ3n) is 4.29. The summed E-state index contributed by atoms with van der Waals surface area (Å²) in [6.45, 7) is 0. The van der Waals surface area contributed by atoms with Crippen molar-refractivity contribution in [2.75, 3.05) is 17.7 Å². The van der Waals surface area contributed by atoms with Crippen LogP contribution in [-0.2, 0) is 11.2 Å². The fourth-order valence-corrected chi connectivity index (χ4v) is 2.71. The van der Waals surface area contributed by atoms with Crippen LogP contribution in [0.2, 0.25) is 0 Å². The zero-order chi connectivity index (χ0) is 21.5. The maximum absolute atomic E-state index is 12.3. The lowest BCUT2D eigenvalue weighted by molar-refractivity contribution is -0.384. The van der Waals surface area contributed by atoms with Crippen molar-refractivity contribution in [1.29, 1.82) is 0 Å². The van der Waals surface area contributed by atoms with Gasteiger partial charge in [0.25, 0.3) is 11.6 Å². The van der Waals surface area contributed by atoms with Crippen LogP contribution in [0.1, 0.15) is 15.9 Å². The molecule has 2 amide bonds. The number of carbonyl (C=O) groups excluding carboxylic acids is 2. The lowest BCUT2D eigenvalue weighted by Gasteiger charge is -2.08. The van der Waals surface area contributed by atoms with Crippen LogP contribution in [0.5, 0.6) is 5.75 Å². The molecule has 0 spiro atoms. The maximum atomic E-state index is 12.3. The van der Waals surface area contributed by atoms with E-state index in [4.69, 9.17) is 4.74 Å². The average molecular weight is 405 g/mol. The van der Waals surface area contributed by atoms with Crippen LogP contribution in [0.3, 0.4) is 0 Å². The van der Waals surface area contributed by atoms with Gasteiger partial charge in [0, 0.05) is 29.1 Å². The quantitative estimate of drug-likeness (QED) is 0.455. The second kappa shape index (κ2) is 9.33. The highest BCUT2D eigenvalue weighted by Gasteiger charge is 2.09. The second-order valence-electron chi connectivity index (χ2n) is 6.41. The van der Waals surface area contributed by atoms with Gasteiger partial charge in [-0.3, -0.25) is 19.7 Å². The number of nitrogens with one attached hydrogen (secondary N) is 2. The number of non-ortho nitro benzene ring substituents is 1. The van der Waals surface area contributed by atoms with E-state index < -0.39 is 4.92 Å². The van der Waals surface area contributed by atoms with E-state index in [1.165, 1.54) is 12.1 Å². The molecule has 3 aromatic rings. The maximum Gasteiger partial charge on any atom is 0.269 e. The first kappa shape index (κ1) is 20.5. The van der Waals surface area contributed by atoms with Crippen LogP contribution in [0.25, 0.3) is 0 Å². The first-order valence-electron chi connectivity index (χ1n) is 9.03. The monoisotopic (exact) mass is 405 g/mol. The van der Waals surface area contributed by atoms with E-state index in [9.17, 15) is 19.7 Å². The van der Waals surface area contributed by atoms with Crippen molar-refractivity contribution in [3.63, 3.8) is 0 Å². The number of hydrogen-bond donors (Lipinski definition) is 2. The molecule has 0 atom stereocenters. The number of methoxy groups -OCH3 is 1. The standard InChI is InChI=1S/C22H19N3O5/c1-30-20-12-8-18(9-13-20)24-22(27)16-4-6-17(7-5-16)23-21(26)14-15-2-10-19(11-3-15)25(28)29/h2-13H,14H2,1H3,(H,23,26)(H,24,27). The van der Waals surface area contributed by atoms with Gasteiger partial charge >= 0.3 is 0 Å². The number of benzene rings is 3. The highest BCUT2D eigenvalue weighted by molar-refractivity contribution is 6.04. The molecular formula is C22H19N3O5. The fourth-order valence-electron chi connectivity index (χ4n) is 2.71. The van der Waals surface area contributed by atoms with Crippen LogP contribution in [0.4, 0.5) is 17.1 Å². The van der Waals surface area contributed by atoms with Gasteiger partial charge in [-0.05, 0) is 54.1 Å². The predicted octanol–water partition coefficient (Wildman–Crippen LogP) is 4.04. The van der Waals surface area contributed by atoms with Gasteiger partial charge in [0.2, 0.25) is 5.91 Å². The Morgan fingerprint density at radius 2 is 1.43 bits per heavy atom. The van der Waals surface area contributed by atoms with E-state index in [2.05, 4.69) is 10.6 Å². The third kappa shape index (κ3) is 5.41. The van der Waals surface area contributed by atoms with Crippen molar-refractivity contribution in [1.82, 2.24) is 0 Å². The van der Waals surface area contributed by atoms with Crippen LogP contribution in [0, 0.1) is 10.1 Å². The van der Waals surface area contributed by atoms with Gasteiger partial charge in [-0.1, -0.05) is 12.1 Å². The molecule has 0 aliphatic heterocycles. The van der Waals surface area contributed by atoms with Gasteiger partial charge in [-0.2, -0.15) is 0 Å². The highest BCUT2D eigenvalue weighted by atomic mass is 16.6. The van der Waals surface area contributed by atoms with Crippen molar-refractivity contribution < 1.29 is 19.2 Å². The minimum absolute atomic E-state index is 0.0253. The smallest absolute Gasteiger partial charge is 0.269 e. The molecule has 0 aliphatic rings. The summed E-state index contributed by atoms with van der Waals surface area (Å²) in [5.41, 5.74) is 2.26. The number of hydrogen-bond acceptors (Lipinski definition) is 5. The number of rotatable bonds is 7. The average Bonchev–Trinajstić information content (AvgIpc) is 2.75. The van der Waals surface area contributed by atoms with Gasteiger partial charge < -0.3 is 15.4 Å². The summed E-state index contributed by atoms with van der Waals surface area (Å²) in [6, 6.07) is 19.3. The Bertz CT molecular complexity index is 1050. The Hall–Kier alpha value is -4.20. The highest BCUT2D eigenvalue weighted by Crippen LogP contribution is 2.17. The zero-order valence-corrected chi connectivity index (χ0v) is 16.1. The van der Waals surface area contributed by atoms with Crippen molar-refractivity contribution >= 4 is 28.9 Å². The number of amides is 2. The number of anilines is 2. The van der Waals surface area contributed by atoms with Crippen LogP contribution < -0.4 is 15.4 Å². The summed E-state index contributed by atoms with van der Waals surface area (Å²) in [7, 11) is 1.57. The number of nitrogens with zero attached hydrogens (tertiary/aromatic N) is 1.